The summed E-state index contributed by atoms with van der Waals surface area (Å²) in [5.74, 6) is -0.213. The fourth-order valence-electron chi connectivity index (χ4n) is 3.94. The number of nitrogens with zero attached hydrogens (tertiary/aromatic N) is 3. The van der Waals surface area contributed by atoms with Crippen molar-refractivity contribution >= 4 is 33.9 Å². The summed E-state index contributed by atoms with van der Waals surface area (Å²) in [5, 5.41) is 11.0. The van der Waals surface area contributed by atoms with Gasteiger partial charge >= 0.3 is 6.36 Å². The molecule has 2 aromatic carbocycles. The van der Waals surface area contributed by atoms with Crippen LogP contribution in [0.25, 0.3) is 10.9 Å². The Morgan fingerprint density at radius 2 is 1.80 bits per heavy atom. The molecule has 0 atom stereocenters. The van der Waals surface area contributed by atoms with E-state index in [1.807, 2.05) is 12.1 Å². The number of nitrogens with two attached hydrogens (primary N) is 1. The first kappa shape index (κ1) is 26.0. The molecule has 2 N–H and O–H groups in total. The van der Waals surface area contributed by atoms with Gasteiger partial charge in [-0.05, 0) is 49.6 Å². The summed E-state index contributed by atoms with van der Waals surface area (Å²) in [4.78, 5) is 14.6. The molecule has 4 rings (SSSR count). The molecule has 0 bridgehead atoms. The molecule has 0 aliphatic carbocycles. The summed E-state index contributed by atoms with van der Waals surface area (Å²) in [5.41, 5.74) is 7.19. The van der Waals surface area contributed by atoms with E-state index in [4.69, 9.17) is 22.1 Å². The SMILES string of the molecule is COc1cc(OC(F)(F)F)ccc1N.Cn1c(=O)c(C#N)c(N2CCCCC2)c2cc(Cl)ccc21. The van der Waals surface area contributed by atoms with Crippen LogP contribution in [-0.4, -0.2) is 31.1 Å². The maximum absolute atomic E-state index is 12.4. The van der Waals surface area contributed by atoms with E-state index in [2.05, 4.69) is 15.7 Å². The fourth-order valence-corrected chi connectivity index (χ4v) is 4.11. The molecule has 1 aliphatic rings. The Labute approximate surface area is 205 Å². The van der Waals surface area contributed by atoms with Crippen molar-refractivity contribution in [1.29, 1.82) is 5.26 Å². The Balaban J connectivity index is 0.000000214. The molecule has 0 amide bonds. The highest BCUT2D eigenvalue weighted by molar-refractivity contribution is 6.31. The second kappa shape index (κ2) is 10.8. The zero-order valence-corrected chi connectivity index (χ0v) is 19.9. The number of methoxy groups -OCH3 is 1. The number of piperidine rings is 1. The predicted octanol–water partition coefficient (Wildman–Crippen LogP) is 5.23. The van der Waals surface area contributed by atoms with Gasteiger partial charge in [-0.1, -0.05) is 11.6 Å². The van der Waals surface area contributed by atoms with Gasteiger partial charge in [0.05, 0.1) is 24.0 Å². The third-order valence-corrected chi connectivity index (χ3v) is 5.79. The number of pyridine rings is 1. The van der Waals surface area contributed by atoms with Gasteiger partial charge in [0.25, 0.3) is 5.56 Å². The third kappa shape index (κ3) is 6.11. The van der Waals surface area contributed by atoms with Crippen molar-refractivity contribution in [2.24, 2.45) is 7.05 Å². The highest BCUT2D eigenvalue weighted by Crippen LogP contribution is 2.32. The first-order valence-electron chi connectivity index (χ1n) is 10.7. The van der Waals surface area contributed by atoms with E-state index in [0.29, 0.717) is 5.02 Å². The van der Waals surface area contributed by atoms with Crippen molar-refractivity contribution in [2.45, 2.75) is 25.6 Å². The number of ether oxygens (including phenoxy) is 2. The lowest BCUT2D eigenvalue weighted by Crippen LogP contribution is -2.33. The van der Waals surface area contributed by atoms with Crippen LogP contribution in [0, 0.1) is 11.3 Å². The number of nitriles is 1. The maximum atomic E-state index is 12.4. The Morgan fingerprint density at radius 3 is 2.40 bits per heavy atom. The van der Waals surface area contributed by atoms with Crippen LogP contribution in [-0.2, 0) is 7.05 Å². The lowest BCUT2D eigenvalue weighted by molar-refractivity contribution is -0.274. The number of rotatable bonds is 3. The zero-order valence-electron chi connectivity index (χ0n) is 19.2. The smallest absolute Gasteiger partial charge is 0.494 e. The van der Waals surface area contributed by atoms with Crippen LogP contribution in [0.3, 0.4) is 0 Å². The Hall–Kier alpha value is -3.58. The van der Waals surface area contributed by atoms with Crippen LogP contribution in [0.2, 0.25) is 5.02 Å². The average Bonchev–Trinajstić information content (AvgIpc) is 2.82. The number of benzene rings is 2. The second-order valence-corrected chi connectivity index (χ2v) is 8.30. The van der Waals surface area contributed by atoms with E-state index in [1.165, 1.54) is 24.2 Å². The number of hydrogen-bond acceptors (Lipinski definition) is 6. The van der Waals surface area contributed by atoms with Crippen LogP contribution in [0.1, 0.15) is 24.8 Å². The molecule has 1 fully saturated rings. The van der Waals surface area contributed by atoms with E-state index in [0.717, 1.165) is 54.7 Å². The minimum Gasteiger partial charge on any atom is -0.494 e. The molecule has 0 radical (unpaired) electrons. The average molecular weight is 509 g/mol. The highest BCUT2D eigenvalue weighted by Gasteiger charge is 2.31. The first-order valence-corrected chi connectivity index (χ1v) is 11.1. The number of nitrogen functional groups attached to an aromatic ring is 1. The monoisotopic (exact) mass is 508 g/mol. The van der Waals surface area contributed by atoms with E-state index in [1.54, 1.807) is 13.1 Å². The van der Waals surface area contributed by atoms with Crippen LogP contribution in [0.15, 0.2) is 41.2 Å². The van der Waals surface area contributed by atoms with Crippen molar-refractivity contribution in [2.75, 3.05) is 30.8 Å². The van der Waals surface area contributed by atoms with Crippen LogP contribution in [0.4, 0.5) is 24.5 Å². The van der Waals surface area contributed by atoms with Gasteiger partial charge in [0, 0.05) is 36.6 Å². The molecule has 3 aromatic rings. The summed E-state index contributed by atoms with van der Waals surface area (Å²) in [6, 6.07) is 11.0. The number of hydrogen-bond donors (Lipinski definition) is 1. The van der Waals surface area contributed by atoms with Gasteiger partial charge in [0.2, 0.25) is 0 Å². The van der Waals surface area contributed by atoms with Crippen molar-refractivity contribution in [3.8, 4) is 17.6 Å². The molecule has 35 heavy (non-hydrogen) atoms. The minimum absolute atomic E-state index is 0.145. The standard InChI is InChI=1S/C16H16ClN3O.C8H8F3NO2/c1-19-14-6-5-11(17)9-12(14)15(13(10-18)16(19)21)20-7-3-2-4-8-20;1-13-7-4-5(2-3-6(7)12)14-8(9,10)11/h5-6,9H,2-4,7-8H2,1H3;2-4H,12H2,1H3. The Bertz CT molecular complexity index is 1310. The molecule has 0 saturated carbocycles. The van der Waals surface area contributed by atoms with Crippen LogP contribution in [0.5, 0.6) is 11.5 Å². The molecule has 2 heterocycles. The van der Waals surface area contributed by atoms with Gasteiger partial charge < -0.3 is 24.7 Å². The molecule has 186 valence electrons. The number of anilines is 2. The maximum Gasteiger partial charge on any atom is 0.573 e. The Morgan fingerprint density at radius 1 is 1.11 bits per heavy atom. The van der Waals surface area contributed by atoms with Crippen molar-refractivity contribution < 1.29 is 22.6 Å². The van der Waals surface area contributed by atoms with Crippen molar-refractivity contribution in [3.63, 3.8) is 0 Å². The quantitative estimate of drug-likeness (QED) is 0.487. The molecular weight excluding hydrogens is 485 g/mol. The number of aromatic nitrogens is 1. The summed E-state index contributed by atoms with van der Waals surface area (Å²) in [6.07, 6.45) is -1.34. The fraction of sp³-hybridized carbons (Fsp3) is 0.333. The van der Waals surface area contributed by atoms with Gasteiger partial charge in [-0.25, -0.2) is 0 Å². The molecule has 1 saturated heterocycles. The van der Waals surface area contributed by atoms with Gasteiger partial charge in [-0.3, -0.25) is 4.79 Å². The largest absolute Gasteiger partial charge is 0.573 e. The normalized spacial score (nSPS) is 13.6. The van der Waals surface area contributed by atoms with Gasteiger partial charge in [-0.2, -0.15) is 5.26 Å². The second-order valence-electron chi connectivity index (χ2n) is 7.86. The lowest BCUT2D eigenvalue weighted by Gasteiger charge is -2.30. The van der Waals surface area contributed by atoms with E-state index in [-0.39, 0.29) is 28.3 Å². The molecule has 0 unspecified atom stereocenters. The molecule has 1 aliphatic heterocycles. The van der Waals surface area contributed by atoms with Crippen LogP contribution >= 0.6 is 11.6 Å². The van der Waals surface area contributed by atoms with E-state index >= 15 is 0 Å². The van der Waals surface area contributed by atoms with Crippen molar-refractivity contribution in [1.82, 2.24) is 4.57 Å². The topological polar surface area (TPSA) is 93.5 Å². The van der Waals surface area contributed by atoms with Gasteiger partial charge in [-0.15, -0.1) is 13.2 Å². The summed E-state index contributed by atoms with van der Waals surface area (Å²) < 4.78 is 45.3. The number of fused-ring (bicyclic) bond motifs is 1. The zero-order chi connectivity index (χ0) is 25.8. The highest BCUT2D eigenvalue weighted by atomic mass is 35.5. The summed E-state index contributed by atoms with van der Waals surface area (Å²) in [7, 11) is 3.00. The van der Waals surface area contributed by atoms with E-state index < -0.39 is 6.36 Å². The first-order chi connectivity index (χ1) is 16.6. The number of halogens is 4. The third-order valence-electron chi connectivity index (χ3n) is 5.55. The summed E-state index contributed by atoms with van der Waals surface area (Å²) in [6.45, 7) is 1.76. The predicted molar refractivity (Wildman–Crippen MR) is 129 cm³/mol. The number of aryl methyl sites for hydroxylation is 1. The van der Waals surface area contributed by atoms with Gasteiger partial charge in [0.15, 0.2) is 0 Å². The Kier molecular flexibility index (Phi) is 8.02. The molecule has 11 heteroatoms. The molecule has 1 aromatic heterocycles. The van der Waals surface area contributed by atoms with Crippen molar-refractivity contribution in [3.05, 3.63) is 57.3 Å². The van der Waals surface area contributed by atoms with Crippen LogP contribution < -0.4 is 25.7 Å². The van der Waals surface area contributed by atoms with E-state index in [9.17, 15) is 23.2 Å². The molecule has 7 nitrogen and oxygen atoms in total. The van der Waals surface area contributed by atoms with Gasteiger partial charge in [0.1, 0.15) is 23.1 Å². The lowest BCUT2D eigenvalue weighted by atomic mass is 10.0. The minimum atomic E-state index is -4.71. The molecular formula is C24H24ClF3N4O3. The molecule has 0 spiro atoms. The summed E-state index contributed by atoms with van der Waals surface area (Å²) >= 11 is 6.13. The number of alkyl halides is 3.